The maximum Gasteiger partial charge on any atom is 0.174 e. The standard InChI is InChI=1S/C18H20N2O/c1-14(2)15-7-9-17(10-8-15)20-13-16-5-3-4-6-18(16)21-12-11-19/h3-10,14,20H,12-13H2,1-2H3. The molecule has 2 rings (SSSR count). The Morgan fingerprint density at radius 2 is 1.81 bits per heavy atom. The number of benzene rings is 2. The first kappa shape index (κ1) is 14.9. The van der Waals surface area contributed by atoms with Crippen LogP contribution in [0.5, 0.6) is 5.75 Å². The molecule has 0 spiro atoms. The van der Waals surface area contributed by atoms with Crippen LogP contribution >= 0.6 is 0 Å². The van der Waals surface area contributed by atoms with Crippen LogP contribution in [0.3, 0.4) is 0 Å². The average Bonchev–Trinajstić information content (AvgIpc) is 2.52. The molecule has 0 amide bonds. The lowest BCUT2D eigenvalue weighted by Gasteiger charge is -2.12. The second-order valence-electron chi connectivity index (χ2n) is 5.18. The Kier molecular flexibility index (Phi) is 5.22. The summed E-state index contributed by atoms with van der Waals surface area (Å²) in [5, 5.41) is 12.0. The quantitative estimate of drug-likeness (QED) is 0.856. The molecule has 0 saturated heterocycles. The summed E-state index contributed by atoms with van der Waals surface area (Å²) >= 11 is 0. The molecule has 0 unspecified atom stereocenters. The average molecular weight is 280 g/mol. The van der Waals surface area contributed by atoms with Crippen molar-refractivity contribution in [3.8, 4) is 11.8 Å². The van der Waals surface area contributed by atoms with E-state index in [2.05, 4.69) is 43.4 Å². The van der Waals surface area contributed by atoms with E-state index in [-0.39, 0.29) is 6.61 Å². The lowest BCUT2D eigenvalue weighted by atomic mass is 10.0. The highest BCUT2D eigenvalue weighted by atomic mass is 16.5. The molecular formula is C18H20N2O. The third kappa shape index (κ3) is 4.25. The van der Waals surface area contributed by atoms with Gasteiger partial charge in [0.1, 0.15) is 11.8 Å². The van der Waals surface area contributed by atoms with E-state index in [4.69, 9.17) is 10.00 Å². The van der Waals surface area contributed by atoms with Crippen molar-refractivity contribution in [1.82, 2.24) is 0 Å². The number of hydrogen-bond acceptors (Lipinski definition) is 3. The molecule has 0 bridgehead atoms. The first-order valence-corrected chi connectivity index (χ1v) is 7.12. The largest absolute Gasteiger partial charge is 0.478 e. The number of nitrogens with one attached hydrogen (secondary N) is 1. The van der Waals surface area contributed by atoms with Crippen molar-refractivity contribution in [1.29, 1.82) is 5.26 Å². The van der Waals surface area contributed by atoms with Gasteiger partial charge in [0.15, 0.2) is 6.61 Å². The number of nitriles is 1. The predicted molar refractivity (Wildman–Crippen MR) is 85.4 cm³/mol. The van der Waals surface area contributed by atoms with Crippen LogP contribution in [0.1, 0.15) is 30.9 Å². The number of anilines is 1. The van der Waals surface area contributed by atoms with Gasteiger partial charge in [0, 0.05) is 17.8 Å². The van der Waals surface area contributed by atoms with E-state index in [0.29, 0.717) is 12.5 Å². The number of para-hydroxylation sites is 1. The van der Waals surface area contributed by atoms with Crippen molar-refractivity contribution in [3.63, 3.8) is 0 Å². The first-order chi connectivity index (χ1) is 10.2. The van der Waals surface area contributed by atoms with Crippen molar-refractivity contribution in [2.75, 3.05) is 11.9 Å². The van der Waals surface area contributed by atoms with Crippen molar-refractivity contribution < 1.29 is 4.74 Å². The summed E-state index contributed by atoms with van der Waals surface area (Å²) in [6, 6.07) is 18.2. The molecule has 21 heavy (non-hydrogen) atoms. The monoisotopic (exact) mass is 280 g/mol. The molecule has 0 aliphatic carbocycles. The molecule has 3 heteroatoms. The van der Waals surface area contributed by atoms with Gasteiger partial charge in [0.2, 0.25) is 0 Å². The van der Waals surface area contributed by atoms with Crippen LogP contribution in [0.2, 0.25) is 0 Å². The lowest BCUT2D eigenvalue weighted by molar-refractivity contribution is 0.364. The molecule has 0 saturated carbocycles. The summed E-state index contributed by atoms with van der Waals surface area (Å²) in [4.78, 5) is 0. The zero-order valence-corrected chi connectivity index (χ0v) is 12.5. The van der Waals surface area contributed by atoms with E-state index in [9.17, 15) is 0 Å². The molecule has 0 aliphatic heterocycles. The number of hydrogen-bond donors (Lipinski definition) is 1. The third-order valence-electron chi connectivity index (χ3n) is 3.33. The Hall–Kier alpha value is -2.47. The Labute approximate surface area is 126 Å². The van der Waals surface area contributed by atoms with E-state index in [1.807, 2.05) is 30.3 Å². The minimum absolute atomic E-state index is 0.0695. The molecule has 2 aromatic carbocycles. The van der Waals surface area contributed by atoms with Gasteiger partial charge in [0.05, 0.1) is 0 Å². The number of rotatable bonds is 6. The van der Waals surface area contributed by atoms with Crippen LogP contribution in [0.15, 0.2) is 48.5 Å². The second-order valence-corrected chi connectivity index (χ2v) is 5.18. The Morgan fingerprint density at radius 1 is 1.10 bits per heavy atom. The minimum atomic E-state index is 0.0695. The number of ether oxygens (including phenoxy) is 1. The van der Waals surface area contributed by atoms with Crippen molar-refractivity contribution >= 4 is 5.69 Å². The Balaban J connectivity index is 2.01. The third-order valence-corrected chi connectivity index (χ3v) is 3.33. The van der Waals surface area contributed by atoms with Gasteiger partial charge in [-0.25, -0.2) is 0 Å². The summed E-state index contributed by atoms with van der Waals surface area (Å²) in [7, 11) is 0. The molecule has 0 atom stereocenters. The normalized spacial score (nSPS) is 10.2. The fourth-order valence-electron chi connectivity index (χ4n) is 2.08. The topological polar surface area (TPSA) is 45.0 Å². The van der Waals surface area contributed by atoms with E-state index in [1.165, 1.54) is 5.56 Å². The maximum atomic E-state index is 8.61. The van der Waals surface area contributed by atoms with E-state index < -0.39 is 0 Å². The highest BCUT2D eigenvalue weighted by molar-refractivity contribution is 5.47. The Bertz CT molecular complexity index is 612. The molecule has 0 fully saturated rings. The van der Waals surface area contributed by atoms with Gasteiger partial charge in [0.25, 0.3) is 0 Å². The van der Waals surface area contributed by atoms with E-state index >= 15 is 0 Å². The molecular weight excluding hydrogens is 260 g/mol. The predicted octanol–water partition coefficient (Wildman–Crippen LogP) is 4.32. The summed E-state index contributed by atoms with van der Waals surface area (Å²) < 4.78 is 5.42. The molecule has 0 aliphatic rings. The van der Waals surface area contributed by atoms with Gasteiger partial charge in [-0.2, -0.15) is 5.26 Å². The molecule has 0 radical (unpaired) electrons. The van der Waals surface area contributed by atoms with E-state index in [0.717, 1.165) is 17.0 Å². The van der Waals surface area contributed by atoms with Gasteiger partial charge in [-0.1, -0.05) is 44.2 Å². The van der Waals surface area contributed by atoms with Gasteiger partial charge in [-0.05, 0) is 29.7 Å². The van der Waals surface area contributed by atoms with Crippen LogP contribution in [-0.4, -0.2) is 6.61 Å². The fourth-order valence-corrected chi connectivity index (χ4v) is 2.08. The molecule has 2 aromatic rings. The van der Waals surface area contributed by atoms with Crippen LogP contribution in [-0.2, 0) is 6.54 Å². The highest BCUT2D eigenvalue weighted by Crippen LogP contribution is 2.21. The van der Waals surface area contributed by atoms with Crippen LogP contribution in [0.4, 0.5) is 5.69 Å². The smallest absolute Gasteiger partial charge is 0.174 e. The summed E-state index contributed by atoms with van der Waals surface area (Å²) in [5.41, 5.74) is 3.45. The van der Waals surface area contributed by atoms with Gasteiger partial charge >= 0.3 is 0 Å². The van der Waals surface area contributed by atoms with Crippen molar-refractivity contribution in [2.45, 2.75) is 26.3 Å². The van der Waals surface area contributed by atoms with Crippen LogP contribution < -0.4 is 10.1 Å². The highest BCUT2D eigenvalue weighted by Gasteiger charge is 2.03. The van der Waals surface area contributed by atoms with Crippen LogP contribution in [0.25, 0.3) is 0 Å². The molecule has 1 N–H and O–H groups in total. The lowest BCUT2D eigenvalue weighted by Crippen LogP contribution is -2.03. The van der Waals surface area contributed by atoms with Gasteiger partial charge in [-0.3, -0.25) is 0 Å². The van der Waals surface area contributed by atoms with Crippen LogP contribution in [0, 0.1) is 11.3 Å². The minimum Gasteiger partial charge on any atom is -0.478 e. The first-order valence-electron chi connectivity index (χ1n) is 7.12. The SMILES string of the molecule is CC(C)c1ccc(NCc2ccccc2OCC#N)cc1. The van der Waals surface area contributed by atoms with Crippen molar-refractivity contribution in [2.24, 2.45) is 0 Å². The summed E-state index contributed by atoms with van der Waals surface area (Å²) in [6.07, 6.45) is 0. The fraction of sp³-hybridized carbons (Fsp3) is 0.278. The zero-order chi connectivity index (χ0) is 15.1. The molecule has 3 nitrogen and oxygen atoms in total. The zero-order valence-electron chi connectivity index (χ0n) is 12.5. The van der Waals surface area contributed by atoms with Gasteiger partial charge in [-0.15, -0.1) is 0 Å². The number of nitrogens with zero attached hydrogens (tertiary/aromatic N) is 1. The van der Waals surface area contributed by atoms with Gasteiger partial charge < -0.3 is 10.1 Å². The molecule has 0 heterocycles. The summed E-state index contributed by atoms with van der Waals surface area (Å²) in [6.45, 7) is 5.11. The summed E-state index contributed by atoms with van der Waals surface area (Å²) in [5.74, 6) is 1.30. The Morgan fingerprint density at radius 3 is 2.48 bits per heavy atom. The van der Waals surface area contributed by atoms with Crippen molar-refractivity contribution in [3.05, 3.63) is 59.7 Å². The second kappa shape index (κ2) is 7.35. The molecule has 108 valence electrons. The van der Waals surface area contributed by atoms with E-state index in [1.54, 1.807) is 0 Å². The maximum absolute atomic E-state index is 8.61. The molecule has 0 aromatic heterocycles.